The summed E-state index contributed by atoms with van der Waals surface area (Å²) in [5.41, 5.74) is 1.18. The summed E-state index contributed by atoms with van der Waals surface area (Å²) in [5, 5.41) is 28.8. The van der Waals surface area contributed by atoms with E-state index < -0.39 is 5.41 Å². The molecule has 3 N–H and O–H groups in total. The third-order valence-electron chi connectivity index (χ3n) is 3.47. The molecule has 0 heterocycles. The Bertz CT molecular complexity index is 501. The molecular weight excluding hydrogens is 240 g/mol. The summed E-state index contributed by atoms with van der Waals surface area (Å²) in [5.74, 6) is 0.210. The van der Waals surface area contributed by atoms with Crippen molar-refractivity contribution in [3.8, 4) is 5.75 Å². The lowest BCUT2D eigenvalue weighted by Crippen LogP contribution is -2.37. The van der Waals surface area contributed by atoms with E-state index in [2.05, 4.69) is 0 Å². The highest BCUT2D eigenvalue weighted by atomic mass is 16.3. The summed E-state index contributed by atoms with van der Waals surface area (Å²) in [4.78, 5) is 0. The number of benzene rings is 2. The standard InChI is InChI=1S/C16H18O3/c17-11-16(12-18,14-4-2-1-3-5-14)10-13-6-8-15(19)9-7-13/h1-9,17-19H,10-12H2. The van der Waals surface area contributed by atoms with Crippen LogP contribution in [0.2, 0.25) is 0 Å². The van der Waals surface area contributed by atoms with E-state index in [1.807, 2.05) is 30.3 Å². The van der Waals surface area contributed by atoms with Gasteiger partial charge in [0.05, 0.1) is 13.2 Å². The summed E-state index contributed by atoms with van der Waals surface area (Å²) in [6, 6.07) is 16.3. The van der Waals surface area contributed by atoms with E-state index in [1.165, 1.54) is 0 Å². The van der Waals surface area contributed by atoms with Gasteiger partial charge in [0, 0.05) is 5.41 Å². The molecule has 2 aromatic rings. The van der Waals surface area contributed by atoms with Gasteiger partial charge in [-0.25, -0.2) is 0 Å². The highest BCUT2D eigenvalue weighted by Crippen LogP contribution is 2.28. The SMILES string of the molecule is OCC(CO)(Cc1ccc(O)cc1)c1ccccc1. The molecular formula is C16H18O3. The molecule has 0 amide bonds. The van der Waals surface area contributed by atoms with Gasteiger partial charge in [0.2, 0.25) is 0 Å². The first-order valence-electron chi connectivity index (χ1n) is 6.25. The minimum atomic E-state index is -0.696. The first-order chi connectivity index (χ1) is 9.20. The fourth-order valence-corrected chi connectivity index (χ4v) is 2.24. The Hall–Kier alpha value is -1.84. The zero-order valence-corrected chi connectivity index (χ0v) is 10.7. The Morgan fingerprint density at radius 3 is 1.89 bits per heavy atom. The van der Waals surface area contributed by atoms with E-state index in [-0.39, 0.29) is 19.0 Å². The van der Waals surface area contributed by atoms with Crippen LogP contribution in [0, 0.1) is 0 Å². The molecule has 0 aliphatic heterocycles. The molecule has 2 aromatic carbocycles. The zero-order chi connectivity index (χ0) is 13.7. The fraction of sp³-hybridized carbons (Fsp3) is 0.250. The Morgan fingerprint density at radius 1 is 0.789 bits per heavy atom. The monoisotopic (exact) mass is 258 g/mol. The molecule has 0 saturated carbocycles. The topological polar surface area (TPSA) is 60.7 Å². The van der Waals surface area contributed by atoms with Crippen molar-refractivity contribution >= 4 is 0 Å². The summed E-state index contributed by atoms with van der Waals surface area (Å²) in [6.07, 6.45) is 0.518. The summed E-state index contributed by atoms with van der Waals surface area (Å²) < 4.78 is 0. The van der Waals surface area contributed by atoms with Gasteiger partial charge in [-0.05, 0) is 29.7 Å². The number of rotatable bonds is 5. The van der Waals surface area contributed by atoms with Crippen molar-refractivity contribution in [3.63, 3.8) is 0 Å². The molecule has 3 nitrogen and oxygen atoms in total. The maximum absolute atomic E-state index is 9.74. The van der Waals surface area contributed by atoms with E-state index in [9.17, 15) is 15.3 Å². The van der Waals surface area contributed by atoms with Crippen LogP contribution in [0.1, 0.15) is 11.1 Å². The first kappa shape index (κ1) is 13.6. The number of hydrogen-bond acceptors (Lipinski definition) is 3. The smallest absolute Gasteiger partial charge is 0.115 e. The molecule has 0 aliphatic rings. The van der Waals surface area contributed by atoms with Gasteiger partial charge in [0.1, 0.15) is 5.75 Å². The molecule has 0 fully saturated rings. The van der Waals surface area contributed by atoms with Gasteiger partial charge in [-0.1, -0.05) is 42.5 Å². The molecule has 0 aliphatic carbocycles. The predicted octanol–water partition coefficient (Wildman–Crippen LogP) is 1.86. The fourth-order valence-electron chi connectivity index (χ4n) is 2.24. The number of aliphatic hydroxyl groups excluding tert-OH is 2. The second-order valence-corrected chi connectivity index (χ2v) is 4.81. The van der Waals surface area contributed by atoms with Crippen molar-refractivity contribution in [1.29, 1.82) is 0 Å². The summed E-state index contributed by atoms with van der Waals surface area (Å²) >= 11 is 0. The van der Waals surface area contributed by atoms with E-state index >= 15 is 0 Å². The van der Waals surface area contributed by atoms with Crippen LogP contribution in [0.25, 0.3) is 0 Å². The van der Waals surface area contributed by atoms with Crippen LogP contribution in [-0.2, 0) is 11.8 Å². The lowest BCUT2D eigenvalue weighted by molar-refractivity contribution is 0.116. The molecule has 0 aromatic heterocycles. The molecule has 0 unspecified atom stereocenters. The van der Waals surface area contributed by atoms with Crippen LogP contribution >= 0.6 is 0 Å². The molecule has 19 heavy (non-hydrogen) atoms. The molecule has 100 valence electrons. The molecule has 0 atom stereocenters. The van der Waals surface area contributed by atoms with Crippen molar-refractivity contribution in [3.05, 3.63) is 65.7 Å². The van der Waals surface area contributed by atoms with Crippen molar-refractivity contribution in [2.24, 2.45) is 0 Å². The van der Waals surface area contributed by atoms with Crippen LogP contribution in [0.4, 0.5) is 0 Å². The molecule has 2 rings (SSSR count). The first-order valence-corrected chi connectivity index (χ1v) is 6.25. The van der Waals surface area contributed by atoms with Gasteiger partial charge in [-0.3, -0.25) is 0 Å². The van der Waals surface area contributed by atoms with Crippen LogP contribution in [-0.4, -0.2) is 28.5 Å². The van der Waals surface area contributed by atoms with Gasteiger partial charge in [-0.2, -0.15) is 0 Å². The average Bonchev–Trinajstić information content (AvgIpc) is 2.48. The van der Waals surface area contributed by atoms with E-state index in [0.29, 0.717) is 6.42 Å². The van der Waals surface area contributed by atoms with E-state index in [1.54, 1.807) is 24.3 Å². The summed E-state index contributed by atoms with van der Waals surface area (Å²) in [6.45, 7) is -0.261. The maximum atomic E-state index is 9.74. The highest BCUT2D eigenvalue weighted by molar-refractivity contribution is 5.32. The molecule has 3 heteroatoms. The minimum Gasteiger partial charge on any atom is -0.508 e. The quantitative estimate of drug-likeness (QED) is 0.767. The van der Waals surface area contributed by atoms with Crippen LogP contribution in [0.3, 0.4) is 0 Å². The van der Waals surface area contributed by atoms with Gasteiger partial charge in [0.15, 0.2) is 0 Å². The van der Waals surface area contributed by atoms with E-state index in [0.717, 1.165) is 11.1 Å². The highest BCUT2D eigenvalue weighted by Gasteiger charge is 2.31. The van der Waals surface area contributed by atoms with Gasteiger partial charge in [-0.15, -0.1) is 0 Å². The van der Waals surface area contributed by atoms with E-state index in [4.69, 9.17) is 0 Å². The number of hydrogen-bond donors (Lipinski definition) is 3. The van der Waals surface area contributed by atoms with Crippen molar-refractivity contribution < 1.29 is 15.3 Å². The Balaban J connectivity index is 2.32. The Kier molecular flexibility index (Phi) is 4.20. The normalized spacial score (nSPS) is 11.5. The summed E-state index contributed by atoms with van der Waals surface area (Å²) in [7, 11) is 0. The third-order valence-corrected chi connectivity index (χ3v) is 3.47. The van der Waals surface area contributed by atoms with Gasteiger partial charge < -0.3 is 15.3 Å². The average molecular weight is 258 g/mol. The predicted molar refractivity (Wildman–Crippen MR) is 74.1 cm³/mol. The Labute approximate surface area is 112 Å². The molecule has 0 radical (unpaired) electrons. The van der Waals surface area contributed by atoms with Crippen LogP contribution in [0.5, 0.6) is 5.75 Å². The Morgan fingerprint density at radius 2 is 1.37 bits per heavy atom. The third kappa shape index (κ3) is 2.95. The molecule has 0 saturated heterocycles. The van der Waals surface area contributed by atoms with Gasteiger partial charge >= 0.3 is 0 Å². The number of phenols is 1. The largest absolute Gasteiger partial charge is 0.508 e. The number of phenolic OH excluding ortho intramolecular Hbond substituents is 1. The number of aromatic hydroxyl groups is 1. The second kappa shape index (κ2) is 5.87. The molecule has 0 spiro atoms. The van der Waals surface area contributed by atoms with Crippen molar-refractivity contribution in [2.45, 2.75) is 11.8 Å². The van der Waals surface area contributed by atoms with Gasteiger partial charge in [0.25, 0.3) is 0 Å². The molecule has 0 bridgehead atoms. The van der Waals surface area contributed by atoms with Crippen LogP contribution < -0.4 is 0 Å². The lowest BCUT2D eigenvalue weighted by atomic mass is 9.77. The number of aliphatic hydroxyl groups is 2. The minimum absolute atomic E-state index is 0.131. The zero-order valence-electron chi connectivity index (χ0n) is 10.7. The van der Waals surface area contributed by atoms with Crippen LogP contribution in [0.15, 0.2) is 54.6 Å². The van der Waals surface area contributed by atoms with Crippen molar-refractivity contribution in [2.75, 3.05) is 13.2 Å². The maximum Gasteiger partial charge on any atom is 0.115 e. The second-order valence-electron chi connectivity index (χ2n) is 4.81. The lowest BCUT2D eigenvalue weighted by Gasteiger charge is -2.30. The van der Waals surface area contributed by atoms with Crippen molar-refractivity contribution in [1.82, 2.24) is 0 Å².